The summed E-state index contributed by atoms with van der Waals surface area (Å²) < 4.78 is 11.7. The maximum atomic E-state index is 12.1. The molecule has 4 nitrogen and oxygen atoms in total. The van der Waals surface area contributed by atoms with Crippen LogP contribution in [0.1, 0.15) is 50.0 Å². The molecule has 1 aromatic rings. The first-order chi connectivity index (χ1) is 11.6. The maximum absolute atomic E-state index is 12.1. The Bertz CT molecular complexity index is 630. The number of rotatable bonds is 5. The summed E-state index contributed by atoms with van der Waals surface area (Å²) in [6, 6.07) is 6.17. The number of nitrogens with zero attached hydrogens (tertiary/aromatic N) is 1. The second-order valence-electron chi connectivity index (χ2n) is 6.97. The highest BCUT2D eigenvalue weighted by Crippen LogP contribution is 2.38. The predicted octanol–water partition coefficient (Wildman–Crippen LogP) is 3.91. The SMILES string of the molecule is COc1ccc(C2C=C(C(=O)N(C)C)CC2)cc1OC1CCCC1. The minimum Gasteiger partial charge on any atom is -0.493 e. The summed E-state index contributed by atoms with van der Waals surface area (Å²) in [6.07, 6.45) is 8.97. The maximum Gasteiger partial charge on any atom is 0.248 e. The Kier molecular flexibility index (Phi) is 5.12. The third-order valence-electron chi connectivity index (χ3n) is 5.02. The molecule has 0 aromatic heterocycles. The highest BCUT2D eigenvalue weighted by atomic mass is 16.5. The van der Waals surface area contributed by atoms with E-state index in [1.54, 1.807) is 26.1 Å². The second kappa shape index (κ2) is 7.29. The normalized spacial score (nSPS) is 20.8. The number of amides is 1. The Balaban J connectivity index is 1.80. The van der Waals surface area contributed by atoms with Crippen LogP contribution in [0.3, 0.4) is 0 Å². The molecule has 4 heteroatoms. The minimum atomic E-state index is 0.119. The third kappa shape index (κ3) is 3.58. The zero-order valence-electron chi connectivity index (χ0n) is 14.9. The van der Waals surface area contributed by atoms with E-state index in [4.69, 9.17) is 9.47 Å². The van der Waals surface area contributed by atoms with Crippen LogP contribution in [0.5, 0.6) is 11.5 Å². The standard InChI is InChI=1S/C20H27NO3/c1-21(2)20(22)16-9-8-14(12-16)15-10-11-18(23-3)19(13-15)24-17-6-4-5-7-17/h10-14,17H,4-9H2,1-3H3. The van der Waals surface area contributed by atoms with E-state index in [0.29, 0.717) is 6.10 Å². The molecule has 0 heterocycles. The lowest BCUT2D eigenvalue weighted by atomic mass is 9.98. The minimum absolute atomic E-state index is 0.119. The highest BCUT2D eigenvalue weighted by molar-refractivity contribution is 5.93. The van der Waals surface area contributed by atoms with Crippen molar-refractivity contribution in [2.75, 3.05) is 21.2 Å². The van der Waals surface area contributed by atoms with Gasteiger partial charge in [0.15, 0.2) is 11.5 Å². The first kappa shape index (κ1) is 16.9. The first-order valence-electron chi connectivity index (χ1n) is 8.85. The molecule has 1 saturated carbocycles. The molecule has 0 aliphatic heterocycles. The van der Waals surface area contributed by atoms with Gasteiger partial charge < -0.3 is 14.4 Å². The number of benzene rings is 1. The topological polar surface area (TPSA) is 38.8 Å². The van der Waals surface area contributed by atoms with Gasteiger partial charge >= 0.3 is 0 Å². The van der Waals surface area contributed by atoms with Gasteiger partial charge in [-0.2, -0.15) is 0 Å². The van der Waals surface area contributed by atoms with Crippen LogP contribution in [0.25, 0.3) is 0 Å². The smallest absolute Gasteiger partial charge is 0.248 e. The van der Waals surface area contributed by atoms with Crippen LogP contribution in [-0.4, -0.2) is 38.1 Å². The van der Waals surface area contributed by atoms with E-state index in [1.165, 1.54) is 18.4 Å². The van der Waals surface area contributed by atoms with Crippen LogP contribution in [0.2, 0.25) is 0 Å². The molecule has 1 fully saturated rings. The fourth-order valence-electron chi connectivity index (χ4n) is 3.65. The lowest BCUT2D eigenvalue weighted by molar-refractivity contribution is -0.124. The Morgan fingerprint density at radius 2 is 1.88 bits per heavy atom. The van der Waals surface area contributed by atoms with Crippen molar-refractivity contribution in [3.8, 4) is 11.5 Å². The molecule has 0 radical (unpaired) electrons. The van der Waals surface area contributed by atoms with E-state index in [1.807, 2.05) is 6.07 Å². The van der Waals surface area contributed by atoms with Crippen molar-refractivity contribution in [2.45, 2.75) is 50.5 Å². The Morgan fingerprint density at radius 3 is 2.54 bits per heavy atom. The molecule has 130 valence electrons. The van der Waals surface area contributed by atoms with E-state index < -0.39 is 0 Å². The summed E-state index contributed by atoms with van der Waals surface area (Å²) in [7, 11) is 5.29. The number of hydrogen-bond acceptors (Lipinski definition) is 3. The molecule has 2 aliphatic rings. The summed E-state index contributed by atoms with van der Waals surface area (Å²) in [5, 5.41) is 0. The van der Waals surface area contributed by atoms with Crippen LogP contribution in [0.4, 0.5) is 0 Å². The zero-order valence-corrected chi connectivity index (χ0v) is 14.9. The first-order valence-corrected chi connectivity index (χ1v) is 8.85. The van der Waals surface area contributed by atoms with Crippen molar-refractivity contribution >= 4 is 5.91 Å². The molecule has 0 N–H and O–H groups in total. The fraction of sp³-hybridized carbons (Fsp3) is 0.550. The van der Waals surface area contributed by atoms with Crippen LogP contribution in [-0.2, 0) is 4.79 Å². The molecule has 24 heavy (non-hydrogen) atoms. The molecule has 0 spiro atoms. The fourth-order valence-corrected chi connectivity index (χ4v) is 3.65. The molecule has 0 bridgehead atoms. The average Bonchev–Trinajstić information content (AvgIpc) is 3.25. The molecule has 2 aliphatic carbocycles. The molecular weight excluding hydrogens is 302 g/mol. The number of hydrogen-bond donors (Lipinski definition) is 0. The van der Waals surface area contributed by atoms with Crippen molar-refractivity contribution < 1.29 is 14.3 Å². The molecule has 1 aromatic carbocycles. The Hall–Kier alpha value is -1.97. The monoisotopic (exact) mass is 329 g/mol. The average molecular weight is 329 g/mol. The summed E-state index contributed by atoms with van der Waals surface area (Å²) in [4.78, 5) is 13.8. The van der Waals surface area contributed by atoms with Gasteiger partial charge in [-0.05, 0) is 56.2 Å². The zero-order chi connectivity index (χ0) is 17.1. The van der Waals surface area contributed by atoms with E-state index in [0.717, 1.165) is 42.8 Å². The van der Waals surface area contributed by atoms with E-state index >= 15 is 0 Å². The molecule has 1 unspecified atom stereocenters. The van der Waals surface area contributed by atoms with Crippen LogP contribution < -0.4 is 9.47 Å². The van der Waals surface area contributed by atoms with Crippen molar-refractivity contribution in [2.24, 2.45) is 0 Å². The van der Waals surface area contributed by atoms with Gasteiger partial charge in [0.1, 0.15) is 0 Å². The number of carbonyl (C=O) groups excluding carboxylic acids is 1. The van der Waals surface area contributed by atoms with Crippen molar-refractivity contribution in [1.82, 2.24) is 4.90 Å². The Labute approximate surface area is 144 Å². The van der Waals surface area contributed by atoms with Gasteiger partial charge in [0, 0.05) is 25.6 Å². The molecule has 1 amide bonds. The molecule has 1 atom stereocenters. The van der Waals surface area contributed by atoms with Gasteiger partial charge in [0.25, 0.3) is 0 Å². The number of ether oxygens (including phenoxy) is 2. The van der Waals surface area contributed by atoms with Crippen LogP contribution >= 0.6 is 0 Å². The Morgan fingerprint density at radius 1 is 1.12 bits per heavy atom. The third-order valence-corrected chi connectivity index (χ3v) is 5.02. The molecule has 3 rings (SSSR count). The van der Waals surface area contributed by atoms with Crippen molar-refractivity contribution in [3.63, 3.8) is 0 Å². The predicted molar refractivity (Wildman–Crippen MR) is 94.6 cm³/mol. The lowest BCUT2D eigenvalue weighted by Gasteiger charge is -2.18. The lowest BCUT2D eigenvalue weighted by Crippen LogP contribution is -2.22. The second-order valence-corrected chi connectivity index (χ2v) is 6.97. The number of allylic oxidation sites excluding steroid dienone is 1. The van der Waals surface area contributed by atoms with Crippen LogP contribution in [0.15, 0.2) is 29.8 Å². The van der Waals surface area contributed by atoms with Gasteiger partial charge in [-0.3, -0.25) is 4.79 Å². The molecule has 0 saturated heterocycles. The summed E-state index contributed by atoms with van der Waals surface area (Å²) in [6.45, 7) is 0. The van der Waals surface area contributed by atoms with Crippen LogP contribution in [0, 0.1) is 0 Å². The van der Waals surface area contributed by atoms with E-state index in [2.05, 4.69) is 18.2 Å². The summed E-state index contributed by atoms with van der Waals surface area (Å²) in [5.41, 5.74) is 2.12. The quantitative estimate of drug-likeness (QED) is 0.822. The van der Waals surface area contributed by atoms with Gasteiger partial charge in [0.05, 0.1) is 13.2 Å². The summed E-state index contributed by atoms with van der Waals surface area (Å²) >= 11 is 0. The van der Waals surface area contributed by atoms with E-state index in [9.17, 15) is 4.79 Å². The van der Waals surface area contributed by atoms with Crippen molar-refractivity contribution in [1.29, 1.82) is 0 Å². The number of methoxy groups -OCH3 is 1. The highest BCUT2D eigenvalue weighted by Gasteiger charge is 2.24. The number of likely N-dealkylation sites (N-methyl/N-ethyl adjacent to an activating group) is 1. The number of carbonyl (C=O) groups is 1. The largest absolute Gasteiger partial charge is 0.493 e. The van der Waals surface area contributed by atoms with Gasteiger partial charge in [-0.1, -0.05) is 12.1 Å². The van der Waals surface area contributed by atoms with E-state index in [-0.39, 0.29) is 11.8 Å². The van der Waals surface area contributed by atoms with Gasteiger partial charge in [-0.15, -0.1) is 0 Å². The molecular formula is C20H27NO3. The van der Waals surface area contributed by atoms with Crippen molar-refractivity contribution in [3.05, 3.63) is 35.4 Å². The summed E-state index contributed by atoms with van der Waals surface area (Å²) in [5.74, 6) is 2.02. The van der Waals surface area contributed by atoms with Gasteiger partial charge in [-0.25, -0.2) is 0 Å². The van der Waals surface area contributed by atoms with Gasteiger partial charge in [0.2, 0.25) is 5.91 Å².